The summed E-state index contributed by atoms with van der Waals surface area (Å²) in [6, 6.07) is 5.60. The zero-order chi connectivity index (χ0) is 26.2. The molecule has 4 rings (SSSR count). The van der Waals surface area contributed by atoms with Crippen LogP contribution in [0.5, 0.6) is 0 Å². The fraction of sp³-hybridized carbons (Fsp3) is 0.292. The van der Waals surface area contributed by atoms with E-state index in [9.17, 15) is 27.6 Å². The van der Waals surface area contributed by atoms with Crippen molar-refractivity contribution in [2.75, 3.05) is 37.4 Å². The third-order valence-electron chi connectivity index (χ3n) is 6.14. The number of carbonyl (C=O) groups excluding carboxylic acids is 1. The second kappa shape index (κ2) is 9.61. The number of likely N-dealkylation sites (N-methyl/N-ethyl adjacent to an activating group) is 1. The van der Waals surface area contributed by atoms with Crippen LogP contribution in [0.4, 0.5) is 28.9 Å². The highest BCUT2D eigenvalue weighted by molar-refractivity contribution is 6.07. The van der Waals surface area contributed by atoms with Gasteiger partial charge in [-0.05, 0) is 38.7 Å². The van der Waals surface area contributed by atoms with Crippen LogP contribution in [-0.2, 0) is 6.18 Å². The maximum atomic E-state index is 15.2. The smallest absolute Gasteiger partial charge is 0.368 e. The SMILES string of the molecule is CN(C)C1CCN(c2cc(F)c(-c3ccc(=O)[nH]c3)cc2NC(=O)c2c[nH]c(=O)cc2C(F)(F)F)C1. The number of anilines is 2. The number of carbonyl (C=O) groups is 1. The van der Waals surface area contributed by atoms with Gasteiger partial charge in [-0.2, -0.15) is 13.2 Å². The Kier molecular flexibility index (Phi) is 6.72. The molecule has 3 heterocycles. The molecule has 1 aromatic carbocycles. The molecule has 36 heavy (non-hydrogen) atoms. The van der Waals surface area contributed by atoms with Crippen molar-refractivity contribution < 1.29 is 22.4 Å². The van der Waals surface area contributed by atoms with Gasteiger partial charge in [-0.1, -0.05) is 0 Å². The van der Waals surface area contributed by atoms with E-state index in [1.807, 2.05) is 23.9 Å². The van der Waals surface area contributed by atoms with Crippen LogP contribution in [0, 0.1) is 5.82 Å². The van der Waals surface area contributed by atoms with Crippen molar-refractivity contribution >= 4 is 17.3 Å². The summed E-state index contributed by atoms with van der Waals surface area (Å²) < 4.78 is 55.8. The number of pyridine rings is 2. The Balaban J connectivity index is 1.79. The quantitative estimate of drug-likeness (QED) is 0.462. The molecule has 1 fully saturated rings. The van der Waals surface area contributed by atoms with E-state index in [-0.39, 0.29) is 17.3 Å². The van der Waals surface area contributed by atoms with Crippen LogP contribution >= 0.6 is 0 Å². The summed E-state index contributed by atoms with van der Waals surface area (Å²) in [4.78, 5) is 44.3. The van der Waals surface area contributed by atoms with Gasteiger partial charge in [-0.25, -0.2) is 4.39 Å². The number of nitrogens with zero attached hydrogens (tertiary/aromatic N) is 2. The third-order valence-corrected chi connectivity index (χ3v) is 6.14. The average Bonchev–Trinajstić information content (AvgIpc) is 3.30. The molecular weight excluding hydrogens is 482 g/mol. The molecule has 1 atom stereocenters. The minimum atomic E-state index is -4.94. The van der Waals surface area contributed by atoms with Gasteiger partial charge >= 0.3 is 6.18 Å². The molecule has 0 spiro atoms. The second-order valence-electron chi connectivity index (χ2n) is 8.72. The van der Waals surface area contributed by atoms with E-state index in [2.05, 4.69) is 15.3 Å². The highest BCUT2D eigenvalue weighted by Crippen LogP contribution is 2.37. The molecule has 0 radical (unpaired) electrons. The first-order valence-corrected chi connectivity index (χ1v) is 11.0. The summed E-state index contributed by atoms with van der Waals surface area (Å²) in [5.41, 5.74) is -2.84. The number of hydrogen-bond acceptors (Lipinski definition) is 5. The first-order chi connectivity index (χ1) is 16.9. The monoisotopic (exact) mass is 505 g/mol. The minimum Gasteiger partial charge on any atom is -0.368 e. The number of halogens is 4. The van der Waals surface area contributed by atoms with Crippen molar-refractivity contribution in [1.29, 1.82) is 0 Å². The molecule has 1 unspecified atom stereocenters. The van der Waals surface area contributed by atoms with Crippen LogP contribution in [0.25, 0.3) is 11.1 Å². The predicted molar refractivity (Wildman–Crippen MR) is 127 cm³/mol. The Labute approximate surface area is 202 Å². The van der Waals surface area contributed by atoms with E-state index in [4.69, 9.17) is 0 Å². The molecule has 1 saturated heterocycles. The van der Waals surface area contributed by atoms with Crippen molar-refractivity contribution in [3.63, 3.8) is 0 Å². The predicted octanol–water partition coefficient (Wildman–Crippen LogP) is 3.28. The molecule has 3 N–H and O–H groups in total. The van der Waals surface area contributed by atoms with E-state index in [1.54, 1.807) is 0 Å². The van der Waals surface area contributed by atoms with Crippen LogP contribution in [0.15, 0.2) is 52.3 Å². The van der Waals surface area contributed by atoms with Crippen LogP contribution in [0.2, 0.25) is 0 Å². The van der Waals surface area contributed by atoms with Gasteiger partial charge in [0, 0.05) is 54.8 Å². The summed E-state index contributed by atoms with van der Waals surface area (Å²) in [6.07, 6.45) is -2.18. The summed E-state index contributed by atoms with van der Waals surface area (Å²) in [7, 11) is 3.82. The van der Waals surface area contributed by atoms with Gasteiger partial charge in [-0.3, -0.25) is 14.4 Å². The Morgan fingerprint density at radius 3 is 2.42 bits per heavy atom. The number of benzene rings is 1. The lowest BCUT2D eigenvalue weighted by atomic mass is 10.0. The molecule has 1 aliphatic rings. The normalized spacial score (nSPS) is 16.0. The molecule has 3 aromatic rings. The molecular formula is C24H23F4N5O3. The Morgan fingerprint density at radius 2 is 1.81 bits per heavy atom. The molecule has 0 aliphatic carbocycles. The lowest BCUT2D eigenvalue weighted by molar-refractivity contribution is -0.138. The Morgan fingerprint density at radius 1 is 1.08 bits per heavy atom. The number of amides is 1. The van der Waals surface area contributed by atoms with Gasteiger partial charge < -0.3 is 25.1 Å². The van der Waals surface area contributed by atoms with Crippen molar-refractivity contribution in [2.24, 2.45) is 0 Å². The van der Waals surface area contributed by atoms with Gasteiger partial charge in [-0.15, -0.1) is 0 Å². The zero-order valence-electron chi connectivity index (χ0n) is 19.4. The van der Waals surface area contributed by atoms with E-state index < -0.39 is 40.1 Å². The third kappa shape index (κ3) is 5.18. The minimum absolute atomic E-state index is 0.0335. The average molecular weight is 505 g/mol. The van der Waals surface area contributed by atoms with Gasteiger partial charge in [0.25, 0.3) is 5.91 Å². The zero-order valence-corrected chi connectivity index (χ0v) is 19.4. The van der Waals surface area contributed by atoms with E-state index >= 15 is 4.39 Å². The number of alkyl halides is 3. The summed E-state index contributed by atoms with van der Waals surface area (Å²) in [6.45, 7) is 1.05. The van der Waals surface area contributed by atoms with Crippen molar-refractivity contribution in [3.8, 4) is 11.1 Å². The molecule has 0 saturated carbocycles. The fourth-order valence-corrected chi connectivity index (χ4v) is 4.19. The number of hydrogen-bond donors (Lipinski definition) is 3. The number of H-pyrrole nitrogens is 2. The molecule has 1 aliphatic heterocycles. The first-order valence-electron chi connectivity index (χ1n) is 11.0. The number of nitrogens with one attached hydrogen (secondary N) is 3. The topological polar surface area (TPSA) is 101 Å². The van der Waals surface area contributed by atoms with Gasteiger partial charge in [0.05, 0.1) is 22.5 Å². The number of aromatic nitrogens is 2. The standard InChI is InChI=1S/C24H23F4N5O3/c1-32(2)14-5-6-33(12-14)20-9-18(25)15(13-3-4-21(34)29-10-13)7-19(20)31-23(36)16-11-30-22(35)8-17(16)24(26,27)28/h3-4,7-11,14H,5-6,12H2,1-2H3,(H,29,34)(H,30,35)(H,31,36). The van der Waals surface area contributed by atoms with E-state index in [0.29, 0.717) is 36.6 Å². The van der Waals surface area contributed by atoms with Crippen LogP contribution in [0.1, 0.15) is 22.3 Å². The van der Waals surface area contributed by atoms with E-state index in [0.717, 1.165) is 6.42 Å². The summed E-state index contributed by atoms with van der Waals surface area (Å²) >= 11 is 0. The highest BCUT2D eigenvalue weighted by Gasteiger charge is 2.36. The summed E-state index contributed by atoms with van der Waals surface area (Å²) in [5.74, 6) is -1.76. The maximum Gasteiger partial charge on any atom is 0.417 e. The lowest BCUT2D eigenvalue weighted by Crippen LogP contribution is -2.32. The van der Waals surface area contributed by atoms with Crippen molar-refractivity contribution in [2.45, 2.75) is 18.6 Å². The highest BCUT2D eigenvalue weighted by atomic mass is 19.4. The van der Waals surface area contributed by atoms with Crippen LogP contribution in [-0.4, -0.2) is 54.0 Å². The maximum absolute atomic E-state index is 15.2. The van der Waals surface area contributed by atoms with Crippen molar-refractivity contribution in [1.82, 2.24) is 14.9 Å². The Bertz CT molecular complexity index is 1390. The molecule has 190 valence electrons. The number of rotatable bonds is 5. The molecule has 12 heteroatoms. The fourth-order valence-electron chi connectivity index (χ4n) is 4.19. The van der Waals surface area contributed by atoms with Crippen LogP contribution in [0.3, 0.4) is 0 Å². The molecule has 0 bridgehead atoms. The molecule has 8 nitrogen and oxygen atoms in total. The van der Waals surface area contributed by atoms with E-state index in [1.165, 1.54) is 30.5 Å². The van der Waals surface area contributed by atoms with Gasteiger partial charge in [0.15, 0.2) is 0 Å². The summed E-state index contributed by atoms with van der Waals surface area (Å²) in [5, 5.41) is 2.47. The first kappa shape index (κ1) is 25.2. The molecule has 1 amide bonds. The largest absolute Gasteiger partial charge is 0.417 e. The lowest BCUT2D eigenvalue weighted by Gasteiger charge is -2.25. The Hall–Kier alpha value is -3.93. The van der Waals surface area contributed by atoms with Crippen LogP contribution < -0.4 is 21.3 Å². The number of aromatic amines is 2. The van der Waals surface area contributed by atoms with Gasteiger partial charge in [0.1, 0.15) is 5.82 Å². The molecule has 2 aromatic heterocycles. The van der Waals surface area contributed by atoms with Crippen molar-refractivity contribution in [3.05, 3.63) is 80.4 Å². The second-order valence-corrected chi connectivity index (χ2v) is 8.72. The van der Waals surface area contributed by atoms with Gasteiger partial charge in [0.2, 0.25) is 11.1 Å².